The number of thioether (sulfide) groups is 1. The molecule has 0 spiro atoms. The fraction of sp³-hybridized carbons (Fsp3) is 0.955. The van der Waals surface area contributed by atoms with E-state index in [0.717, 1.165) is 24.8 Å². The Kier molecular flexibility index (Phi) is 11.1. The molecule has 3 saturated heterocycles. The zero-order chi connectivity index (χ0) is 18.6. The van der Waals surface area contributed by atoms with Crippen LogP contribution in [0.4, 0.5) is 0 Å². The van der Waals surface area contributed by atoms with Gasteiger partial charge in [-0.15, -0.1) is 0 Å². The van der Waals surface area contributed by atoms with Crippen LogP contribution in [-0.4, -0.2) is 48.0 Å². The first-order valence-corrected chi connectivity index (χ1v) is 12.5. The molecule has 26 heavy (non-hydrogen) atoms. The fourth-order valence-corrected chi connectivity index (χ4v) is 5.74. The Morgan fingerprint density at radius 3 is 2.62 bits per heavy atom. The van der Waals surface area contributed by atoms with E-state index in [4.69, 9.17) is 0 Å². The van der Waals surface area contributed by atoms with Gasteiger partial charge in [-0.25, -0.2) is 0 Å². The SMILES string of the molecule is CCCCCCCCSCC[C@H]1CN2CC[C@H]1C[C@H]2CNC(=O)CCC. The van der Waals surface area contributed by atoms with E-state index in [1.165, 1.54) is 82.4 Å². The molecule has 0 aromatic rings. The third-order valence-electron chi connectivity index (χ3n) is 6.30. The van der Waals surface area contributed by atoms with Gasteiger partial charge in [0.25, 0.3) is 0 Å². The van der Waals surface area contributed by atoms with Crippen molar-refractivity contribution in [3.8, 4) is 0 Å². The minimum absolute atomic E-state index is 0.234. The second kappa shape index (κ2) is 13.0. The summed E-state index contributed by atoms with van der Waals surface area (Å²) in [7, 11) is 0. The summed E-state index contributed by atoms with van der Waals surface area (Å²) in [5.74, 6) is 4.75. The predicted molar refractivity (Wildman–Crippen MR) is 115 cm³/mol. The molecule has 3 fully saturated rings. The van der Waals surface area contributed by atoms with Gasteiger partial charge in [0.15, 0.2) is 0 Å². The number of amides is 1. The Hall–Kier alpha value is -0.220. The van der Waals surface area contributed by atoms with Crippen LogP contribution in [0, 0.1) is 11.8 Å². The number of piperidine rings is 3. The monoisotopic (exact) mass is 382 g/mol. The van der Waals surface area contributed by atoms with Crippen molar-refractivity contribution in [2.24, 2.45) is 11.8 Å². The van der Waals surface area contributed by atoms with E-state index in [1.54, 1.807) is 0 Å². The molecule has 0 radical (unpaired) electrons. The molecule has 3 aliphatic heterocycles. The minimum atomic E-state index is 0.234. The van der Waals surface area contributed by atoms with Crippen molar-refractivity contribution in [1.82, 2.24) is 10.2 Å². The van der Waals surface area contributed by atoms with Crippen LogP contribution in [0.2, 0.25) is 0 Å². The van der Waals surface area contributed by atoms with Gasteiger partial charge in [-0.3, -0.25) is 9.69 Å². The molecule has 1 unspecified atom stereocenters. The molecule has 1 amide bonds. The van der Waals surface area contributed by atoms with Crippen LogP contribution in [0.5, 0.6) is 0 Å². The van der Waals surface area contributed by atoms with Gasteiger partial charge < -0.3 is 5.32 Å². The summed E-state index contributed by atoms with van der Waals surface area (Å²) in [5.41, 5.74) is 0. The van der Waals surface area contributed by atoms with E-state index < -0.39 is 0 Å². The minimum Gasteiger partial charge on any atom is -0.355 e. The predicted octanol–water partition coefficient (Wildman–Crippen LogP) is 5.10. The molecule has 4 heteroatoms. The topological polar surface area (TPSA) is 32.3 Å². The van der Waals surface area contributed by atoms with Gasteiger partial charge in [0.1, 0.15) is 0 Å². The van der Waals surface area contributed by atoms with Crippen molar-refractivity contribution in [1.29, 1.82) is 0 Å². The van der Waals surface area contributed by atoms with Crippen LogP contribution >= 0.6 is 11.8 Å². The zero-order valence-electron chi connectivity index (χ0n) is 17.3. The number of hydrogen-bond acceptors (Lipinski definition) is 3. The highest BCUT2D eigenvalue weighted by Crippen LogP contribution is 2.38. The lowest BCUT2D eigenvalue weighted by atomic mass is 9.74. The van der Waals surface area contributed by atoms with Crippen molar-refractivity contribution < 1.29 is 4.79 Å². The molecular weight excluding hydrogens is 340 g/mol. The lowest BCUT2D eigenvalue weighted by molar-refractivity contribution is -0.121. The van der Waals surface area contributed by atoms with Crippen LogP contribution in [0.25, 0.3) is 0 Å². The van der Waals surface area contributed by atoms with E-state index in [0.29, 0.717) is 12.5 Å². The lowest BCUT2D eigenvalue weighted by Crippen LogP contribution is -2.56. The van der Waals surface area contributed by atoms with E-state index >= 15 is 0 Å². The van der Waals surface area contributed by atoms with Gasteiger partial charge in [0, 0.05) is 25.6 Å². The fourth-order valence-electron chi connectivity index (χ4n) is 4.66. The summed E-state index contributed by atoms with van der Waals surface area (Å²) in [6, 6.07) is 0.599. The Bertz CT molecular complexity index is 390. The Morgan fingerprint density at radius 1 is 1.08 bits per heavy atom. The third-order valence-corrected chi connectivity index (χ3v) is 7.40. The highest BCUT2D eigenvalue weighted by Gasteiger charge is 2.39. The number of rotatable bonds is 14. The summed E-state index contributed by atoms with van der Waals surface area (Å²) < 4.78 is 0. The molecule has 3 aliphatic rings. The summed E-state index contributed by atoms with van der Waals surface area (Å²) in [4.78, 5) is 14.4. The molecular formula is C22H42N2OS. The van der Waals surface area contributed by atoms with E-state index in [2.05, 4.69) is 35.8 Å². The van der Waals surface area contributed by atoms with Crippen molar-refractivity contribution in [3.63, 3.8) is 0 Å². The molecule has 3 heterocycles. The van der Waals surface area contributed by atoms with Crippen LogP contribution in [0.15, 0.2) is 0 Å². The molecule has 3 rings (SSSR count). The Labute approximate surface area is 166 Å². The van der Waals surface area contributed by atoms with Crippen LogP contribution in [0.3, 0.4) is 0 Å². The maximum absolute atomic E-state index is 11.7. The second-order valence-corrected chi connectivity index (χ2v) is 9.64. The number of hydrogen-bond donors (Lipinski definition) is 1. The van der Waals surface area contributed by atoms with Gasteiger partial charge >= 0.3 is 0 Å². The van der Waals surface area contributed by atoms with Gasteiger partial charge in [0.05, 0.1) is 0 Å². The molecule has 0 saturated carbocycles. The van der Waals surface area contributed by atoms with E-state index in [1.807, 2.05) is 0 Å². The smallest absolute Gasteiger partial charge is 0.220 e. The van der Waals surface area contributed by atoms with E-state index in [-0.39, 0.29) is 5.91 Å². The number of fused-ring (bicyclic) bond motifs is 3. The molecule has 2 bridgehead atoms. The number of unbranched alkanes of at least 4 members (excludes halogenated alkanes) is 5. The van der Waals surface area contributed by atoms with Gasteiger partial charge in [-0.2, -0.15) is 11.8 Å². The molecule has 4 atom stereocenters. The quantitative estimate of drug-likeness (QED) is 0.424. The number of nitrogens with one attached hydrogen (secondary N) is 1. The lowest BCUT2D eigenvalue weighted by Gasteiger charge is -2.50. The van der Waals surface area contributed by atoms with Crippen molar-refractivity contribution in [3.05, 3.63) is 0 Å². The molecule has 0 aromatic carbocycles. The van der Waals surface area contributed by atoms with Gasteiger partial charge in [-0.1, -0.05) is 46.0 Å². The first kappa shape index (κ1) is 22.1. The number of carbonyl (C=O) groups excluding carboxylic acids is 1. The van der Waals surface area contributed by atoms with Gasteiger partial charge in [-0.05, 0) is 62.0 Å². The molecule has 152 valence electrons. The highest BCUT2D eigenvalue weighted by atomic mass is 32.2. The Morgan fingerprint density at radius 2 is 1.88 bits per heavy atom. The summed E-state index contributed by atoms with van der Waals surface area (Å²) in [5, 5.41) is 3.15. The second-order valence-electron chi connectivity index (χ2n) is 8.42. The normalized spacial score (nSPS) is 27.6. The summed E-state index contributed by atoms with van der Waals surface area (Å²) in [6.07, 6.45) is 14.2. The molecule has 1 N–H and O–H groups in total. The maximum Gasteiger partial charge on any atom is 0.220 e. The van der Waals surface area contributed by atoms with Crippen LogP contribution in [-0.2, 0) is 4.79 Å². The number of carbonyl (C=O) groups is 1. The molecule has 0 aliphatic carbocycles. The van der Waals surface area contributed by atoms with Crippen molar-refractivity contribution >= 4 is 17.7 Å². The standard InChI is InChI=1S/C22H42N2OS/c1-3-5-6-7-8-9-14-26-15-12-20-18-24-13-11-19(20)16-21(24)17-23-22(25)10-4-2/h19-21H,3-18H2,1-2H3,(H,23,25)/t19-,20-,21-/m0/s1. The third kappa shape index (κ3) is 7.80. The zero-order valence-corrected chi connectivity index (χ0v) is 18.1. The Balaban J connectivity index is 1.53. The van der Waals surface area contributed by atoms with Crippen molar-refractivity contribution in [2.45, 2.75) is 90.5 Å². The average Bonchev–Trinajstić information content (AvgIpc) is 2.66. The maximum atomic E-state index is 11.7. The number of nitrogens with zero attached hydrogens (tertiary/aromatic N) is 1. The highest BCUT2D eigenvalue weighted by molar-refractivity contribution is 7.99. The van der Waals surface area contributed by atoms with Crippen molar-refractivity contribution in [2.75, 3.05) is 31.1 Å². The molecule has 0 aromatic heterocycles. The van der Waals surface area contributed by atoms with E-state index in [9.17, 15) is 4.79 Å². The first-order valence-electron chi connectivity index (χ1n) is 11.3. The average molecular weight is 383 g/mol. The summed E-state index contributed by atoms with van der Waals surface area (Å²) in [6.45, 7) is 7.75. The first-order chi connectivity index (χ1) is 12.7. The van der Waals surface area contributed by atoms with Crippen LogP contribution in [0.1, 0.15) is 84.5 Å². The van der Waals surface area contributed by atoms with Crippen LogP contribution < -0.4 is 5.32 Å². The van der Waals surface area contributed by atoms with Gasteiger partial charge in [0.2, 0.25) is 5.91 Å². The summed E-state index contributed by atoms with van der Waals surface area (Å²) >= 11 is 2.18. The largest absolute Gasteiger partial charge is 0.355 e. The molecule has 3 nitrogen and oxygen atoms in total.